The maximum absolute atomic E-state index is 12.5. The van der Waals surface area contributed by atoms with Gasteiger partial charge in [0.1, 0.15) is 17.1 Å². The van der Waals surface area contributed by atoms with E-state index in [1.807, 2.05) is 37.3 Å². The lowest BCUT2D eigenvalue weighted by Gasteiger charge is -2.09. The highest BCUT2D eigenvalue weighted by molar-refractivity contribution is 5.94. The second-order valence-corrected chi connectivity index (χ2v) is 6.68. The number of hydrogen-bond donors (Lipinski definition) is 1. The molecule has 0 aliphatic carbocycles. The van der Waals surface area contributed by atoms with Crippen LogP contribution in [0.4, 0.5) is 0 Å². The second kappa shape index (κ2) is 7.19. The largest absolute Gasteiger partial charge is 0.459 e. The Morgan fingerprint density at radius 2 is 1.68 bits per heavy atom. The zero-order valence-electron chi connectivity index (χ0n) is 15.6. The molecule has 0 saturated heterocycles. The van der Waals surface area contributed by atoms with Gasteiger partial charge < -0.3 is 14.2 Å². The third-order valence-corrected chi connectivity index (χ3v) is 4.62. The van der Waals surface area contributed by atoms with Gasteiger partial charge in [-0.05, 0) is 38.1 Å². The molecule has 0 radical (unpaired) electrons. The van der Waals surface area contributed by atoms with Gasteiger partial charge in [-0.3, -0.25) is 9.59 Å². The Bertz CT molecular complexity index is 1120. The minimum Gasteiger partial charge on any atom is -0.459 e. The zero-order chi connectivity index (χ0) is 19.7. The minimum absolute atomic E-state index is 0.00522. The number of Topliss-reactive ketones (excluding diaryl/α,β-unsaturated/α-hetero) is 1. The standard InChI is InChI=1S/C23H19NO4/c1-14(22-13-18-5-3-4-6-19(18)28-22)24-23(26)21-12-11-20(27-21)17-9-7-16(8-10-17)15(2)25/h3-14H,1-2H3,(H,24,26)/t14-/m1/s1. The van der Waals surface area contributed by atoms with Gasteiger partial charge in [0.25, 0.3) is 5.91 Å². The molecule has 4 rings (SSSR count). The van der Waals surface area contributed by atoms with E-state index in [2.05, 4.69) is 5.32 Å². The van der Waals surface area contributed by atoms with E-state index in [1.54, 1.807) is 36.4 Å². The first-order valence-corrected chi connectivity index (χ1v) is 9.02. The van der Waals surface area contributed by atoms with E-state index < -0.39 is 0 Å². The van der Waals surface area contributed by atoms with E-state index in [0.717, 1.165) is 16.5 Å². The third-order valence-electron chi connectivity index (χ3n) is 4.62. The molecule has 0 unspecified atom stereocenters. The second-order valence-electron chi connectivity index (χ2n) is 6.68. The van der Waals surface area contributed by atoms with E-state index in [0.29, 0.717) is 17.1 Å². The average Bonchev–Trinajstić information content (AvgIpc) is 3.35. The summed E-state index contributed by atoms with van der Waals surface area (Å²) in [5.41, 5.74) is 2.22. The highest BCUT2D eigenvalue weighted by atomic mass is 16.4. The van der Waals surface area contributed by atoms with Gasteiger partial charge in [-0.15, -0.1) is 0 Å². The number of carbonyl (C=O) groups excluding carboxylic acids is 2. The van der Waals surface area contributed by atoms with E-state index in [1.165, 1.54) is 6.92 Å². The first-order chi connectivity index (χ1) is 13.5. The van der Waals surface area contributed by atoms with Crippen LogP contribution in [0.5, 0.6) is 0 Å². The molecule has 0 aliphatic rings. The third kappa shape index (κ3) is 3.47. The highest BCUT2D eigenvalue weighted by Crippen LogP contribution is 2.25. The summed E-state index contributed by atoms with van der Waals surface area (Å²) >= 11 is 0. The van der Waals surface area contributed by atoms with Crippen molar-refractivity contribution in [2.24, 2.45) is 0 Å². The fourth-order valence-corrected chi connectivity index (χ4v) is 3.04. The first kappa shape index (κ1) is 17.8. The van der Waals surface area contributed by atoms with Crippen molar-refractivity contribution >= 4 is 22.7 Å². The zero-order valence-corrected chi connectivity index (χ0v) is 15.6. The predicted molar refractivity (Wildman–Crippen MR) is 106 cm³/mol. The number of hydrogen-bond acceptors (Lipinski definition) is 4. The number of amides is 1. The van der Waals surface area contributed by atoms with E-state index in [9.17, 15) is 9.59 Å². The summed E-state index contributed by atoms with van der Waals surface area (Å²) in [6.45, 7) is 3.38. The summed E-state index contributed by atoms with van der Waals surface area (Å²) in [4.78, 5) is 23.9. The van der Waals surface area contributed by atoms with Crippen molar-refractivity contribution in [1.29, 1.82) is 0 Å². The molecule has 28 heavy (non-hydrogen) atoms. The van der Waals surface area contributed by atoms with Gasteiger partial charge in [0, 0.05) is 16.5 Å². The van der Waals surface area contributed by atoms with Gasteiger partial charge in [-0.25, -0.2) is 0 Å². The van der Waals surface area contributed by atoms with Crippen molar-refractivity contribution in [3.8, 4) is 11.3 Å². The molecule has 1 amide bonds. The van der Waals surface area contributed by atoms with Crippen LogP contribution in [0.2, 0.25) is 0 Å². The van der Waals surface area contributed by atoms with Gasteiger partial charge >= 0.3 is 0 Å². The number of para-hydroxylation sites is 1. The molecule has 0 aliphatic heterocycles. The Balaban J connectivity index is 1.48. The molecule has 1 N–H and O–H groups in total. The molecule has 0 bridgehead atoms. The fourth-order valence-electron chi connectivity index (χ4n) is 3.04. The molecule has 2 heterocycles. The molecule has 0 fully saturated rings. The number of ketones is 1. The summed E-state index contributed by atoms with van der Waals surface area (Å²) in [5, 5.41) is 3.88. The average molecular weight is 373 g/mol. The molecule has 140 valence electrons. The molecular formula is C23H19NO4. The van der Waals surface area contributed by atoms with Gasteiger partial charge in [0.2, 0.25) is 0 Å². The molecule has 0 spiro atoms. The Kier molecular flexibility index (Phi) is 4.57. The van der Waals surface area contributed by atoms with E-state index in [-0.39, 0.29) is 23.5 Å². The van der Waals surface area contributed by atoms with E-state index >= 15 is 0 Å². The van der Waals surface area contributed by atoms with Crippen molar-refractivity contribution in [2.75, 3.05) is 0 Å². The summed E-state index contributed by atoms with van der Waals surface area (Å²) < 4.78 is 11.5. The van der Waals surface area contributed by atoms with Crippen LogP contribution in [0, 0.1) is 0 Å². The molecular weight excluding hydrogens is 354 g/mol. The number of carbonyl (C=O) groups is 2. The van der Waals surface area contributed by atoms with Gasteiger partial charge in [-0.1, -0.05) is 42.5 Å². The Morgan fingerprint density at radius 1 is 0.929 bits per heavy atom. The summed E-state index contributed by atoms with van der Waals surface area (Å²) in [6, 6.07) is 19.8. The summed E-state index contributed by atoms with van der Waals surface area (Å²) in [5.74, 6) is 1.15. The van der Waals surface area contributed by atoms with E-state index in [4.69, 9.17) is 8.83 Å². The Morgan fingerprint density at radius 3 is 2.39 bits per heavy atom. The van der Waals surface area contributed by atoms with Gasteiger partial charge in [0.05, 0.1) is 6.04 Å². The van der Waals surface area contributed by atoms with Crippen LogP contribution in [0.25, 0.3) is 22.3 Å². The number of nitrogens with one attached hydrogen (secondary N) is 1. The molecule has 1 atom stereocenters. The van der Waals surface area contributed by atoms with Crippen LogP contribution in [0.15, 0.2) is 75.6 Å². The quantitative estimate of drug-likeness (QED) is 0.476. The van der Waals surface area contributed by atoms with Crippen LogP contribution in [0.3, 0.4) is 0 Å². The van der Waals surface area contributed by atoms with Crippen LogP contribution >= 0.6 is 0 Å². The van der Waals surface area contributed by atoms with Crippen LogP contribution < -0.4 is 5.32 Å². The predicted octanol–water partition coefficient (Wildman–Crippen LogP) is 5.39. The Hall–Kier alpha value is -3.60. The smallest absolute Gasteiger partial charge is 0.287 e. The molecule has 5 nitrogen and oxygen atoms in total. The molecule has 5 heteroatoms. The highest BCUT2D eigenvalue weighted by Gasteiger charge is 2.18. The minimum atomic E-state index is -0.320. The van der Waals surface area contributed by atoms with Crippen molar-refractivity contribution in [3.05, 3.63) is 83.8 Å². The molecule has 2 aromatic carbocycles. The lowest BCUT2D eigenvalue weighted by atomic mass is 10.1. The number of furan rings is 2. The number of benzene rings is 2. The SMILES string of the molecule is CC(=O)c1ccc(-c2ccc(C(=O)N[C@H](C)c3cc4ccccc4o3)o2)cc1. The fraction of sp³-hybridized carbons (Fsp3) is 0.130. The lowest BCUT2D eigenvalue weighted by Crippen LogP contribution is -2.25. The Labute approximate surface area is 162 Å². The maximum atomic E-state index is 12.5. The van der Waals surface area contributed by atoms with Crippen molar-refractivity contribution in [2.45, 2.75) is 19.9 Å². The van der Waals surface area contributed by atoms with Gasteiger partial charge in [0.15, 0.2) is 11.5 Å². The normalized spacial score (nSPS) is 12.1. The number of fused-ring (bicyclic) bond motifs is 1. The van der Waals surface area contributed by atoms with Crippen LogP contribution in [-0.2, 0) is 0 Å². The topological polar surface area (TPSA) is 72.5 Å². The molecule has 4 aromatic rings. The monoisotopic (exact) mass is 373 g/mol. The van der Waals surface area contributed by atoms with Crippen molar-refractivity contribution in [1.82, 2.24) is 5.32 Å². The molecule has 0 saturated carbocycles. The van der Waals surface area contributed by atoms with Crippen molar-refractivity contribution in [3.63, 3.8) is 0 Å². The van der Waals surface area contributed by atoms with Crippen LogP contribution in [0.1, 0.15) is 46.6 Å². The van der Waals surface area contributed by atoms with Gasteiger partial charge in [-0.2, -0.15) is 0 Å². The molecule has 2 aromatic heterocycles. The maximum Gasteiger partial charge on any atom is 0.287 e. The first-order valence-electron chi connectivity index (χ1n) is 9.02. The number of rotatable bonds is 5. The summed E-state index contributed by atoms with van der Waals surface area (Å²) in [7, 11) is 0. The lowest BCUT2D eigenvalue weighted by molar-refractivity contribution is 0.0908. The van der Waals surface area contributed by atoms with Crippen molar-refractivity contribution < 1.29 is 18.4 Å². The van der Waals surface area contributed by atoms with Crippen LogP contribution in [-0.4, -0.2) is 11.7 Å². The summed E-state index contributed by atoms with van der Waals surface area (Å²) in [6.07, 6.45) is 0.